The first-order chi connectivity index (χ1) is 18.1. The Hall–Kier alpha value is -3.81. The Morgan fingerprint density at radius 3 is 2.34 bits per heavy atom. The van der Waals surface area contributed by atoms with Gasteiger partial charge < -0.3 is 24.3 Å². The van der Waals surface area contributed by atoms with Crippen molar-refractivity contribution in [2.75, 3.05) is 20.2 Å². The Balaban J connectivity index is 1.43. The highest BCUT2D eigenvalue weighted by Crippen LogP contribution is 2.26. The molecule has 1 aliphatic heterocycles. The molecule has 1 aromatic heterocycles. The molecule has 1 atom stereocenters. The first-order valence-corrected chi connectivity index (χ1v) is 13.1. The number of carbonyl (C=O) groups excluding carboxylic acids is 3. The van der Waals surface area contributed by atoms with Crippen LogP contribution in [0.3, 0.4) is 0 Å². The van der Waals surface area contributed by atoms with Gasteiger partial charge in [-0.1, -0.05) is 24.3 Å². The zero-order chi connectivity index (χ0) is 27.4. The third kappa shape index (κ3) is 6.36. The van der Waals surface area contributed by atoms with Crippen molar-refractivity contribution in [3.8, 4) is 0 Å². The van der Waals surface area contributed by atoms with Crippen LogP contribution < -0.4 is 5.32 Å². The van der Waals surface area contributed by atoms with Gasteiger partial charge >= 0.3 is 12.1 Å². The van der Waals surface area contributed by atoms with Crippen LogP contribution in [0.2, 0.25) is 0 Å². The summed E-state index contributed by atoms with van der Waals surface area (Å²) in [4.78, 5) is 39.3. The van der Waals surface area contributed by atoms with Gasteiger partial charge in [-0.15, -0.1) is 0 Å². The van der Waals surface area contributed by atoms with Gasteiger partial charge in [0.05, 0.1) is 29.8 Å². The first kappa shape index (κ1) is 27.2. The SMILES string of the molecule is COC(=O)c1ccc([C@H](C)NC(=O)c2cccc3ccn(CC4CCN(C(=O)OC(C)(C)C)CC4)c23)cc1. The fraction of sp³-hybridized carbons (Fsp3) is 0.433. The summed E-state index contributed by atoms with van der Waals surface area (Å²) in [7, 11) is 1.35. The number of nitrogens with zero attached hydrogens (tertiary/aromatic N) is 2. The molecule has 8 heteroatoms. The summed E-state index contributed by atoms with van der Waals surface area (Å²) in [6, 6.07) is 14.6. The quantitative estimate of drug-likeness (QED) is 0.430. The summed E-state index contributed by atoms with van der Waals surface area (Å²) in [6.45, 7) is 9.66. The number of fused-ring (bicyclic) bond motifs is 1. The number of rotatable bonds is 6. The molecule has 2 amide bonds. The molecule has 3 aromatic rings. The molecule has 202 valence electrons. The molecule has 2 heterocycles. The van der Waals surface area contributed by atoms with Crippen molar-refractivity contribution in [1.29, 1.82) is 0 Å². The van der Waals surface area contributed by atoms with E-state index in [9.17, 15) is 14.4 Å². The fourth-order valence-corrected chi connectivity index (χ4v) is 4.88. The van der Waals surface area contributed by atoms with Gasteiger partial charge in [0.1, 0.15) is 5.60 Å². The van der Waals surface area contributed by atoms with Crippen LogP contribution in [-0.2, 0) is 16.0 Å². The van der Waals surface area contributed by atoms with Gasteiger partial charge in [0, 0.05) is 31.2 Å². The standard InChI is InChI=1S/C30H37N3O5/c1-20(22-9-11-24(12-10-22)28(35)37-5)31-27(34)25-8-6-7-23-15-18-33(26(23)25)19-21-13-16-32(17-14-21)29(36)38-30(2,3)4/h6-12,15,18,20-21H,13-14,16-17,19H2,1-5H3,(H,31,34)/t20-/m0/s1. The number of carbonyl (C=O) groups is 3. The summed E-state index contributed by atoms with van der Waals surface area (Å²) in [5, 5.41) is 4.11. The maximum Gasteiger partial charge on any atom is 0.410 e. The van der Waals surface area contributed by atoms with E-state index in [4.69, 9.17) is 9.47 Å². The molecule has 8 nitrogen and oxygen atoms in total. The second-order valence-corrected chi connectivity index (χ2v) is 10.9. The maximum absolute atomic E-state index is 13.4. The second-order valence-electron chi connectivity index (χ2n) is 10.9. The fourth-order valence-electron chi connectivity index (χ4n) is 4.88. The molecule has 0 aliphatic carbocycles. The van der Waals surface area contributed by atoms with E-state index in [1.54, 1.807) is 17.0 Å². The van der Waals surface area contributed by atoms with E-state index in [1.165, 1.54) is 7.11 Å². The summed E-state index contributed by atoms with van der Waals surface area (Å²) in [5.41, 5.74) is 2.39. The number of ether oxygens (including phenoxy) is 2. The summed E-state index contributed by atoms with van der Waals surface area (Å²) in [6.07, 6.45) is 3.55. The Morgan fingerprint density at radius 1 is 1.03 bits per heavy atom. The van der Waals surface area contributed by atoms with Crippen molar-refractivity contribution in [1.82, 2.24) is 14.8 Å². The van der Waals surface area contributed by atoms with Gasteiger partial charge in [-0.25, -0.2) is 9.59 Å². The largest absolute Gasteiger partial charge is 0.465 e. The van der Waals surface area contributed by atoms with Crippen molar-refractivity contribution in [3.05, 3.63) is 71.4 Å². The minimum absolute atomic E-state index is 0.153. The monoisotopic (exact) mass is 519 g/mol. The van der Waals surface area contributed by atoms with Crippen molar-refractivity contribution in [2.45, 2.75) is 58.7 Å². The van der Waals surface area contributed by atoms with E-state index >= 15 is 0 Å². The number of piperidine rings is 1. The van der Waals surface area contributed by atoms with Crippen molar-refractivity contribution in [2.24, 2.45) is 5.92 Å². The molecule has 1 N–H and O–H groups in total. The minimum atomic E-state index is -0.501. The molecule has 2 aromatic carbocycles. The molecular formula is C30H37N3O5. The molecule has 0 radical (unpaired) electrons. The average Bonchev–Trinajstić information content (AvgIpc) is 3.30. The second kappa shape index (κ2) is 11.3. The van der Waals surface area contributed by atoms with Gasteiger partial charge in [0.25, 0.3) is 5.91 Å². The number of aromatic nitrogens is 1. The molecule has 1 aliphatic rings. The van der Waals surface area contributed by atoms with Crippen LogP contribution >= 0.6 is 0 Å². The van der Waals surface area contributed by atoms with Gasteiger partial charge in [-0.2, -0.15) is 0 Å². The van der Waals surface area contributed by atoms with Crippen LogP contribution in [0.4, 0.5) is 4.79 Å². The Bertz CT molecular complexity index is 1300. The zero-order valence-corrected chi connectivity index (χ0v) is 22.8. The van der Waals surface area contributed by atoms with Crippen molar-refractivity contribution >= 4 is 28.9 Å². The van der Waals surface area contributed by atoms with Crippen LogP contribution in [0, 0.1) is 5.92 Å². The van der Waals surface area contributed by atoms with Crippen LogP contribution in [-0.4, -0.2) is 53.2 Å². The van der Waals surface area contributed by atoms with E-state index in [2.05, 4.69) is 9.88 Å². The van der Waals surface area contributed by atoms with E-state index in [0.29, 0.717) is 30.1 Å². The highest BCUT2D eigenvalue weighted by atomic mass is 16.6. The third-order valence-electron chi connectivity index (χ3n) is 6.93. The number of hydrogen-bond acceptors (Lipinski definition) is 5. The molecular weight excluding hydrogens is 482 g/mol. The number of methoxy groups -OCH3 is 1. The molecule has 0 bridgehead atoms. The lowest BCUT2D eigenvalue weighted by atomic mass is 9.97. The van der Waals surface area contributed by atoms with E-state index in [1.807, 2.05) is 70.3 Å². The van der Waals surface area contributed by atoms with Gasteiger partial charge in [0.15, 0.2) is 0 Å². The van der Waals surface area contributed by atoms with Crippen LogP contribution in [0.5, 0.6) is 0 Å². The number of para-hydroxylation sites is 1. The Morgan fingerprint density at radius 2 is 1.71 bits per heavy atom. The number of esters is 1. The molecule has 4 rings (SSSR count). The average molecular weight is 520 g/mol. The van der Waals surface area contributed by atoms with Crippen LogP contribution in [0.15, 0.2) is 54.7 Å². The normalized spacial score (nSPS) is 15.2. The lowest BCUT2D eigenvalue weighted by Crippen LogP contribution is -2.42. The summed E-state index contributed by atoms with van der Waals surface area (Å²) in [5.74, 6) is -0.149. The topological polar surface area (TPSA) is 89.9 Å². The minimum Gasteiger partial charge on any atom is -0.465 e. The molecule has 38 heavy (non-hydrogen) atoms. The lowest BCUT2D eigenvalue weighted by Gasteiger charge is -2.33. The summed E-state index contributed by atoms with van der Waals surface area (Å²) >= 11 is 0. The van der Waals surface area contributed by atoms with E-state index < -0.39 is 11.6 Å². The summed E-state index contributed by atoms with van der Waals surface area (Å²) < 4.78 is 12.4. The predicted molar refractivity (Wildman–Crippen MR) is 146 cm³/mol. The van der Waals surface area contributed by atoms with Gasteiger partial charge in [0.2, 0.25) is 0 Å². The zero-order valence-electron chi connectivity index (χ0n) is 22.8. The van der Waals surface area contributed by atoms with Gasteiger partial charge in [-0.05, 0) is 76.3 Å². The lowest BCUT2D eigenvalue weighted by molar-refractivity contribution is 0.0178. The Kier molecular flexibility index (Phi) is 8.09. The molecule has 0 saturated carbocycles. The van der Waals surface area contributed by atoms with E-state index in [-0.39, 0.29) is 18.0 Å². The van der Waals surface area contributed by atoms with Crippen molar-refractivity contribution in [3.63, 3.8) is 0 Å². The molecule has 0 spiro atoms. The van der Waals surface area contributed by atoms with Gasteiger partial charge in [-0.3, -0.25) is 4.79 Å². The van der Waals surface area contributed by atoms with Crippen LogP contribution in [0.25, 0.3) is 10.9 Å². The number of likely N-dealkylation sites (tertiary alicyclic amines) is 1. The highest BCUT2D eigenvalue weighted by molar-refractivity contribution is 6.06. The number of nitrogens with one attached hydrogen (secondary N) is 1. The smallest absolute Gasteiger partial charge is 0.410 e. The highest BCUT2D eigenvalue weighted by Gasteiger charge is 2.27. The van der Waals surface area contributed by atoms with Crippen molar-refractivity contribution < 1.29 is 23.9 Å². The molecule has 0 unspecified atom stereocenters. The maximum atomic E-state index is 13.4. The third-order valence-corrected chi connectivity index (χ3v) is 6.93. The Labute approximate surface area is 223 Å². The van der Waals surface area contributed by atoms with Crippen LogP contribution in [0.1, 0.15) is 72.9 Å². The molecule has 1 fully saturated rings. The number of amides is 2. The molecule has 1 saturated heterocycles. The number of benzene rings is 2. The van der Waals surface area contributed by atoms with E-state index in [0.717, 1.165) is 35.9 Å². The first-order valence-electron chi connectivity index (χ1n) is 13.1. The predicted octanol–water partition coefficient (Wildman–Crippen LogP) is 5.57. The number of hydrogen-bond donors (Lipinski definition) is 1.